The van der Waals surface area contributed by atoms with Crippen molar-refractivity contribution in [3.63, 3.8) is 0 Å². The molecule has 0 saturated carbocycles. The fourth-order valence-corrected chi connectivity index (χ4v) is 5.28. The molecular weight excluding hydrogens is 687 g/mol. The summed E-state index contributed by atoms with van der Waals surface area (Å²) in [5.74, 6) is -0.895. The summed E-state index contributed by atoms with van der Waals surface area (Å²) >= 11 is 0. The first-order valence-corrected chi connectivity index (χ1v) is 21.4. The molecular formula is C44H71O8P. The number of ether oxygens (including phenoxy) is 2. The van der Waals surface area contributed by atoms with E-state index in [0.29, 0.717) is 12.8 Å². The van der Waals surface area contributed by atoms with Crippen LogP contribution in [-0.2, 0) is 32.7 Å². The quantitative estimate of drug-likeness (QED) is 0.0294. The van der Waals surface area contributed by atoms with Crippen molar-refractivity contribution < 1.29 is 37.6 Å². The number of unbranched alkanes of at least 4 members (excludes halogenated alkanes) is 8. The number of carbonyl (C=O) groups excluding carboxylic acids is 2. The van der Waals surface area contributed by atoms with Crippen LogP contribution in [0.25, 0.3) is 0 Å². The molecule has 8 nitrogen and oxygen atoms in total. The summed E-state index contributed by atoms with van der Waals surface area (Å²) in [4.78, 5) is 34.4. The molecule has 0 radical (unpaired) electrons. The summed E-state index contributed by atoms with van der Waals surface area (Å²) in [6.45, 7) is 3.59. The van der Waals surface area contributed by atoms with Crippen LogP contribution in [0.15, 0.2) is 97.2 Å². The van der Waals surface area contributed by atoms with E-state index in [2.05, 4.69) is 110 Å². The molecule has 0 bridgehead atoms. The van der Waals surface area contributed by atoms with Crippen LogP contribution in [0.4, 0.5) is 0 Å². The molecule has 0 aromatic heterocycles. The number of hydrogen-bond donors (Lipinski definition) is 1. The Morgan fingerprint density at radius 1 is 0.528 bits per heavy atom. The van der Waals surface area contributed by atoms with Gasteiger partial charge in [0.05, 0.1) is 6.61 Å². The average molecular weight is 759 g/mol. The van der Waals surface area contributed by atoms with Gasteiger partial charge in [0.1, 0.15) is 6.61 Å². The third-order valence-corrected chi connectivity index (χ3v) is 8.76. The second-order valence-electron chi connectivity index (χ2n) is 12.6. The molecule has 0 rings (SSSR count). The maximum atomic E-state index is 12.5. The van der Waals surface area contributed by atoms with Gasteiger partial charge in [-0.1, -0.05) is 143 Å². The van der Waals surface area contributed by atoms with Crippen LogP contribution in [-0.4, -0.2) is 43.3 Å². The van der Waals surface area contributed by atoms with E-state index in [-0.39, 0.29) is 19.4 Å². The summed E-state index contributed by atoms with van der Waals surface area (Å²) in [6.07, 6.45) is 51.8. The Morgan fingerprint density at radius 2 is 0.925 bits per heavy atom. The van der Waals surface area contributed by atoms with E-state index >= 15 is 0 Å². The second-order valence-corrected chi connectivity index (χ2v) is 14.2. The summed E-state index contributed by atoms with van der Waals surface area (Å²) in [5, 5.41) is 0. The topological polar surface area (TPSA) is 108 Å². The van der Waals surface area contributed by atoms with Gasteiger partial charge >= 0.3 is 19.8 Å². The number of hydrogen-bond acceptors (Lipinski definition) is 7. The Hall–Kier alpha value is -3.03. The van der Waals surface area contributed by atoms with Gasteiger partial charge in [-0.15, -0.1) is 0 Å². The predicted molar refractivity (Wildman–Crippen MR) is 220 cm³/mol. The minimum atomic E-state index is -4.28. The highest BCUT2D eigenvalue weighted by molar-refractivity contribution is 7.47. The van der Waals surface area contributed by atoms with Gasteiger partial charge in [0, 0.05) is 20.0 Å². The molecule has 9 heteroatoms. The Labute approximate surface area is 322 Å². The van der Waals surface area contributed by atoms with Crippen molar-refractivity contribution in [3.8, 4) is 0 Å². The molecule has 0 aliphatic rings. The first-order chi connectivity index (χ1) is 25.8. The largest absolute Gasteiger partial charge is 0.472 e. The van der Waals surface area contributed by atoms with E-state index in [9.17, 15) is 19.0 Å². The zero-order valence-electron chi connectivity index (χ0n) is 33.1. The van der Waals surface area contributed by atoms with E-state index in [4.69, 9.17) is 14.0 Å². The summed E-state index contributed by atoms with van der Waals surface area (Å²) in [5.41, 5.74) is 0. The smallest absolute Gasteiger partial charge is 0.462 e. The highest BCUT2D eigenvalue weighted by atomic mass is 31.2. The van der Waals surface area contributed by atoms with Crippen molar-refractivity contribution in [1.82, 2.24) is 0 Å². The molecule has 0 aromatic carbocycles. The molecule has 0 aliphatic carbocycles. The van der Waals surface area contributed by atoms with Crippen molar-refractivity contribution in [1.29, 1.82) is 0 Å². The summed E-state index contributed by atoms with van der Waals surface area (Å²) < 4.78 is 31.9. The maximum Gasteiger partial charge on any atom is 0.472 e. The van der Waals surface area contributed by atoms with Crippen LogP contribution in [0.2, 0.25) is 0 Å². The molecule has 0 aromatic rings. The lowest BCUT2D eigenvalue weighted by molar-refractivity contribution is -0.161. The van der Waals surface area contributed by atoms with Crippen LogP contribution in [0, 0.1) is 0 Å². The van der Waals surface area contributed by atoms with Gasteiger partial charge in [0.2, 0.25) is 0 Å². The Bertz CT molecular complexity index is 1180. The van der Waals surface area contributed by atoms with Crippen molar-refractivity contribution in [2.24, 2.45) is 0 Å². The second kappa shape index (κ2) is 38.7. The van der Waals surface area contributed by atoms with E-state index in [1.165, 1.54) is 19.3 Å². The number of phosphoric ester groups is 1. The number of allylic oxidation sites excluding steroid dienone is 16. The molecule has 53 heavy (non-hydrogen) atoms. The van der Waals surface area contributed by atoms with E-state index in [0.717, 1.165) is 90.6 Å². The zero-order valence-corrected chi connectivity index (χ0v) is 34.0. The van der Waals surface area contributed by atoms with Crippen LogP contribution >= 0.6 is 7.82 Å². The SMILES string of the molecule is CC/C=C\C/C=C\C/C=C\C/C=C\C/C=C\CCCC(=O)OC(COC(=O)CCCCCCCCC/C=C\C/C=C\C/C=C\CC)COP(=O)(O)OC. The van der Waals surface area contributed by atoms with E-state index < -0.39 is 32.5 Å². The fraction of sp³-hybridized carbons (Fsp3) is 0.591. The minimum absolute atomic E-state index is 0.158. The predicted octanol–water partition coefficient (Wildman–Crippen LogP) is 12.5. The third kappa shape index (κ3) is 38.5. The van der Waals surface area contributed by atoms with Crippen molar-refractivity contribution in [2.75, 3.05) is 20.3 Å². The van der Waals surface area contributed by atoms with Crippen LogP contribution in [0.5, 0.6) is 0 Å². The van der Waals surface area contributed by atoms with Crippen molar-refractivity contribution in [2.45, 2.75) is 148 Å². The monoisotopic (exact) mass is 758 g/mol. The van der Waals surface area contributed by atoms with Crippen LogP contribution in [0.1, 0.15) is 142 Å². The third-order valence-electron chi connectivity index (χ3n) is 7.82. The van der Waals surface area contributed by atoms with Crippen LogP contribution < -0.4 is 0 Å². The van der Waals surface area contributed by atoms with E-state index in [1.54, 1.807) is 0 Å². The maximum absolute atomic E-state index is 12.5. The Morgan fingerprint density at radius 3 is 1.40 bits per heavy atom. The van der Waals surface area contributed by atoms with Crippen molar-refractivity contribution in [3.05, 3.63) is 97.2 Å². The number of rotatable bonds is 35. The average Bonchev–Trinajstić information content (AvgIpc) is 3.15. The number of phosphoric acid groups is 1. The molecule has 2 atom stereocenters. The van der Waals surface area contributed by atoms with Crippen LogP contribution in [0.3, 0.4) is 0 Å². The molecule has 300 valence electrons. The lowest BCUT2D eigenvalue weighted by Crippen LogP contribution is -2.29. The molecule has 0 spiro atoms. The standard InChI is InChI=1S/C44H71O8P/c1-4-6-8-10-12-14-16-18-20-22-24-26-28-30-32-34-36-38-43(45)50-40-42(41-51-53(47,48)49-3)52-44(46)39-37-35-33-31-29-27-25-23-21-19-17-15-13-11-9-7-5-2/h6-9,12-15,18-21,25,27,31,33,42H,4-5,10-11,16-17,22-24,26,28-30,32,34-41H2,1-3H3,(H,47,48)/b8-6-,9-7-,14-12-,15-13-,20-18-,21-19-,27-25-,33-31-. The molecule has 0 amide bonds. The first-order valence-electron chi connectivity index (χ1n) is 19.9. The number of esters is 2. The first kappa shape index (κ1) is 50.0. The highest BCUT2D eigenvalue weighted by Crippen LogP contribution is 2.42. The summed E-state index contributed by atoms with van der Waals surface area (Å²) in [6, 6.07) is 0. The molecule has 0 heterocycles. The Kier molecular flexibility index (Phi) is 36.5. The Balaban J connectivity index is 4.17. The van der Waals surface area contributed by atoms with E-state index in [1.807, 2.05) is 6.08 Å². The molecule has 0 saturated heterocycles. The normalized spacial score (nSPS) is 14.4. The van der Waals surface area contributed by atoms with Gasteiger partial charge in [-0.3, -0.25) is 18.6 Å². The summed E-state index contributed by atoms with van der Waals surface area (Å²) in [7, 11) is -3.24. The zero-order chi connectivity index (χ0) is 38.9. The van der Waals surface area contributed by atoms with Gasteiger partial charge in [0.15, 0.2) is 6.10 Å². The highest BCUT2D eigenvalue weighted by Gasteiger charge is 2.24. The molecule has 2 unspecified atom stereocenters. The lowest BCUT2D eigenvalue weighted by atomic mass is 10.1. The lowest BCUT2D eigenvalue weighted by Gasteiger charge is -2.19. The van der Waals surface area contributed by atoms with Gasteiger partial charge in [-0.25, -0.2) is 4.57 Å². The van der Waals surface area contributed by atoms with Gasteiger partial charge in [-0.2, -0.15) is 0 Å². The minimum Gasteiger partial charge on any atom is -0.462 e. The van der Waals surface area contributed by atoms with Gasteiger partial charge < -0.3 is 14.4 Å². The van der Waals surface area contributed by atoms with Gasteiger partial charge in [-0.05, 0) is 83.5 Å². The molecule has 0 aliphatic heterocycles. The molecule has 0 fully saturated rings. The number of carbonyl (C=O) groups is 2. The van der Waals surface area contributed by atoms with Crippen molar-refractivity contribution >= 4 is 19.8 Å². The van der Waals surface area contributed by atoms with Gasteiger partial charge in [0.25, 0.3) is 0 Å². The fourth-order valence-electron chi connectivity index (χ4n) is 4.82. The molecule has 1 N–H and O–H groups in total.